The van der Waals surface area contributed by atoms with Gasteiger partial charge in [0.25, 0.3) is 0 Å². The van der Waals surface area contributed by atoms with Gasteiger partial charge in [-0.2, -0.15) is 0 Å². The van der Waals surface area contributed by atoms with E-state index in [0.29, 0.717) is 21.2 Å². The molecule has 0 heterocycles. The highest BCUT2D eigenvalue weighted by Crippen LogP contribution is 2.32. The highest BCUT2D eigenvalue weighted by molar-refractivity contribution is 6.35. The number of halogens is 3. The summed E-state index contributed by atoms with van der Waals surface area (Å²) in [5, 5.41) is 10.1. The first kappa shape index (κ1) is 11.2. The van der Waals surface area contributed by atoms with E-state index in [-0.39, 0.29) is 5.75 Å². The number of hydrogen-bond donors (Lipinski definition) is 1. The lowest BCUT2D eigenvalue weighted by molar-refractivity contribution is 0.432. The summed E-state index contributed by atoms with van der Waals surface area (Å²) in [6.07, 6.45) is 0. The van der Waals surface area contributed by atoms with Crippen molar-refractivity contribution in [1.82, 2.24) is 0 Å². The molecule has 2 aromatic rings. The summed E-state index contributed by atoms with van der Waals surface area (Å²) in [6, 6.07) is 9.02. The van der Waals surface area contributed by atoms with Crippen molar-refractivity contribution < 1.29 is 9.50 Å². The standard InChI is InChI=1S/C12H7Cl2FO/c13-8-2-3-10(14)9(6-8)7-1-4-12(16)11(15)5-7/h1-6,16H. The zero-order valence-corrected chi connectivity index (χ0v) is 9.56. The summed E-state index contributed by atoms with van der Waals surface area (Å²) >= 11 is 11.8. The van der Waals surface area contributed by atoms with Crippen molar-refractivity contribution in [2.45, 2.75) is 0 Å². The minimum atomic E-state index is -0.687. The van der Waals surface area contributed by atoms with Crippen molar-refractivity contribution in [3.05, 3.63) is 52.3 Å². The highest BCUT2D eigenvalue weighted by atomic mass is 35.5. The Morgan fingerprint density at radius 3 is 2.44 bits per heavy atom. The van der Waals surface area contributed by atoms with Crippen molar-refractivity contribution in [2.24, 2.45) is 0 Å². The summed E-state index contributed by atoms with van der Waals surface area (Å²) in [4.78, 5) is 0. The molecule has 82 valence electrons. The number of rotatable bonds is 1. The van der Waals surface area contributed by atoms with Crippen LogP contribution in [0.1, 0.15) is 0 Å². The molecule has 0 aliphatic carbocycles. The molecule has 0 aromatic heterocycles. The molecule has 16 heavy (non-hydrogen) atoms. The average Bonchev–Trinajstić information content (AvgIpc) is 2.26. The lowest BCUT2D eigenvalue weighted by Crippen LogP contribution is -1.83. The molecule has 0 unspecified atom stereocenters. The largest absolute Gasteiger partial charge is 0.505 e. The van der Waals surface area contributed by atoms with Crippen molar-refractivity contribution in [1.29, 1.82) is 0 Å². The SMILES string of the molecule is Oc1ccc(-c2cc(Cl)ccc2Cl)cc1F. The van der Waals surface area contributed by atoms with Crippen LogP contribution >= 0.6 is 23.2 Å². The molecule has 2 rings (SSSR count). The van der Waals surface area contributed by atoms with Gasteiger partial charge in [-0.1, -0.05) is 29.3 Å². The number of aromatic hydroxyl groups is 1. The van der Waals surface area contributed by atoms with Gasteiger partial charge in [0, 0.05) is 15.6 Å². The molecule has 0 radical (unpaired) electrons. The van der Waals surface area contributed by atoms with E-state index >= 15 is 0 Å². The first-order valence-corrected chi connectivity index (χ1v) is 5.27. The predicted octanol–water partition coefficient (Wildman–Crippen LogP) is 4.51. The summed E-state index contributed by atoms with van der Waals surface area (Å²) in [5.41, 5.74) is 1.20. The first-order chi connectivity index (χ1) is 7.58. The molecule has 1 N–H and O–H groups in total. The Morgan fingerprint density at radius 1 is 1.00 bits per heavy atom. The van der Waals surface area contributed by atoms with Gasteiger partial charge in [-0.05, 0) is 35.9 Å². The van der Waals surface area contributed by atoms with Gasteiger partial charge in [-0.3, -0.25) is 0 Å². The van der Waals surface area contributed by atoms with E-state index in [9.17, 15) is 4.39 Å². The van der Waals surface area contributed by atoms with E-state index in [1.165, 1.54) is 12.1 Å². The van der Waals surface area contributed by atoms with E-state index in [0.717, 1.165) is 0 Å². The Hall–Kier alpha value is -1.25. The Kier molecular flexibility index (Phi) is 3.03. The molecule has 0 amide bonds. The third kappa shape index (κ3) is 2.13. The first-order valence-electron chi connectivity index (χ1n) is 4.52. The molecular weight excluding hydrogens is 250 g/mol. The van der Waals surface area contributed by atoms with E-state index in [2.05, 4.69) is 0 Å². The zero-order valence-electron chi connectivity index (χ0n) is 8.05. The van der Waals surface area contributed by atoms with Crippen molar-refractivity contribution in [3.63, 3.8) is 0 Å². The molecule has 0 bridgehead atoms. The Morgan fingerprint density at radius 2 is 1.75 bits per heavy atom. The van der Waals surface area contributed by atoms with E-state index in [1.807, 2.05) is 0 Å². The van der Waals surface area contributed by atoms with Crippen molar-refractivity contribution >= 4 is 23.2 Å². The van der Waals surface area contributed by atoms with Gasteiger partial charge in [0.1, 0.15) is 0 Å². The minimum absolute atomic E-state index is 0.387. The molecule has 0 spiro atoms. The van der Waals surface area contributed by atoms with Gasteiger partial charge < -0.3 is 5.11 Å². The fourth-order valence-electron chi connectivity index (χ4n) is 1.39. The van der Waals surface area contributed by atoms with Crippen LogP contribution in [-0.2, 0) is 0 Å². The van der Waals surface area contributed by atoms with Crippen molar-refractivity contribution in [2.75, 3.05) is 0 Å². The van der Waals surface area contributed by atoms with E-state index < -0.39 is 5.82 Å². The molecule has 0 fully saturated rings. The molecular formula is C12H7Cl2FO. The second-order valence-electron chi connectivity index (χ2n) is 3.29. The highest BCUT2D eigenvalue weighted by Gasteiger charge is 2.07. The quantitative estimate of drug-likeness (QED) is 0.797. The summed E-state index contributed by atoms with van der Waals surface area (Å²) in [7, 11) is 0. The third-order valence-electron chi connectivity index (χ3n) is 2.19. The lowest BCUT2D eigenvalue weighted by Gasteiger charge is -2.06. The maximum absolute atomic E-state index is 13.2. The molecule has 2 aromatic carbocycles. The number of benzene rings is 2. The van der Waals surface area contributed by atoms with Crippen molar-refractivity contribution in [3.8, 4) is 16.9 Å². The van der Waals surface area contributed by atoms with Crippen LogP contribution in [0.3, 0.4) is 0 Å². The Balaban J connectivity index is 2.58. The number of phenols is 1. The van der Waals surface area contributed by atoms with E-state index in [4.69, 9.17) is 28.3 Å². The van der Waals surface area contributed by atoms with Crippen LogP contribution in [0.4, 0.5) is 4.39 Å². The maximum atomic E-state index is 13.2. The van der Waals surface area contributed by atoms with Crippen LogP contribution in [0.25, 0.3) is 11.1 Å². The topological polar surface area (TPSA) is 20.2 Å². The van der Waals surface area contributed by atoms with Gasteiger partial charge in [0.15, 0.2) is 11.6 Å². The third-order valence-corrected chi connectivity index (χ3v) is 2.75. The van der Waals surface area contributed by atoms with Gasteiger partial charge in [0.05, 0.1) is 0 Å². The van der Waals surface area contributed by atoms with Gasteiger partial charge in [-0.15, -0.1) is 0 Å². The number of hydrogen-bond acceptors (Lipinski definition) is 1. The fraction of sp³-hybridized carbons (Fsp3) is 0. The second-order valence-corrected chi connectivity index (χ2v) is 4.13. The minimum Gasteiger partial charge on any atom is -0.505 e. The normalized spacial score (nSPS) is 10.4. The monoisotopic (exact) mass is 256 g/mol. The van der Waals surface area contributed by atoms with Gasteiger partial charge in [-0.25, -0.2) is 4.39 Å². The van der Waals surface area contributed by atoms with Gasteiger partial charge in [0.2, 0.25) is 0 Å². The van der Waals surface area contributed by atoms with Crippen LogP contribution < -0.4 is 0 Å². The summed E-state index contributed by atoms with van der Waals surface area (Å²) < 4.78 is 13.2. The zero-order chi connectivity index (χ0) is 11.7. The Labute approximate surface area is 102 Å². The molecule has 0 saturated heterocycles. The van der Waals surface area contributed by atoms with Crippen LogP contribution in [0, 0.1) is 5.82 Å². The second kappa shape index (κ2) is 4.32. The van der Waals surface area contributed by atoms with Gasteiger partial charge >= 0.3 is 0 Å². The molecule has 0 saturated carbocycles. The number of phenolic OH excluding ortho intramolecular Hbond substituents is 1. The maximum Gasteiger partial charge on any atom is 0.165 e. The molecule has 0 aliphatic rings. The smallest absolute Gasteiger partial charge is 0.165 e. The molecule has 1 nitrogen and oxygen atoms in total. The summed E-state index contributed by atoms with van der Waals surface area (Å²) in [5.74, 6) is -1.07. The predicted molar refractivity (Wildman–Crippen MR) is 63.5 cm³/mol. The summed E-state index contributed by atoms with van der Waals surface area (Å²) in [6.45, 7) is 0. The Bertz CT molecular complexity index is 541. The molecule has 0 atom stereocenters. The van der Waals surface area contributed by atoms with Crippen LogP contribution in [0.2, 0.25) is 10.0 Å². The van der Waals surface area contributed by atoms with Crippen LogP contribution in [0.5, 0.6) is 5.75 Å². The molecule has 0 aliphatic heterocycles. The van der Waals surface area contributed by atoms with Crippen LogP contribution in [0.15, 0.2) is 36.4 Å². The fourth-order valence-corrected chi connectivity index (χ4v) is 1.79. The lowest BCUT2D eigenvalue weighted by atomic mass is 10.1. The van der Waals surface area contributed by atoms with E-state index in [1.54, 1.807) is 24.3 Å². The van der Waals surface area contributed by atoms with Crippen LogP contribution in [-0.4, -0.2) is 5.11 Å². The average molecular weight is 257 g/mol. The molecule has 4 heteroatoms.